The summed E-state index contributed by atoms with van der Waals surface area (Å²) >= 11 is 6.75. The SMILES string of the molecule is CC1(c2cc(NC(=O)c3csc(Cl)n3)ccc2F)N=C(N)COCC1(F)F. The van der Waals surface area contributed by atoms with Gasteiger partial charge < -0.3 is 15.8 Å². The number of hydrogen-bond donors (Lipinski definition) is 2. The molecule has 1 aromatic carbocycles. The molecule has 27 heavy (non-hydrogen) atoms. The van der Waals surface area contributed by atoms with Gasteiger partial charge in [-0.25, -0.2) is 18.2 Å². The molecule has 3 N–H and O–H groups in total. The molecule has 144 valence electrons. The van der Waals surface area contributed by atoms with E-state index < -0.39 is 35.4 Å². The summed E-state index contributed by atoms with van der Waals surface area (Å²) < 4.78 is 48.7. The van der Waals surface area contributed by atoms with Crippen LogP contribution in [-0.2, 0) is 10.3 Å². The molecule has 1 amide bonds. The molecule has 0 saturated carbocycles. The average molecular weight is 419 g/mol. The number of aromatic nitrogens is 1. The van der Waals surface area contributed by atoms with Gasteiger partial charge in [0.2, 0.25) is 0 Å². The summed E-state index contributed by atoms with van der Waals surface area (Å²) in [6.45, 7) is -0.187. The van der Waals surface area contributed by atoms with E-state index in [9.17, 15) is 18.0 Å². The molecular weight excluding hydrogens is 405 g/mol. The van der Waals surface area contributed by atoms with Gasteiger partial charge in [0.15, 0.2) is 10.0 Å². The van der Waals surface area contributed by atoms with Crippen molar-refractivity contribution in [1.82, 2.24) is 4.98 Å². The third-order valence-corrected chi connectivity index (χ3v) is 5.05. The molecule has 0 fully saturated rings. The van der Waals surface area contributed by atoms with Crippen LogP contribution in [0.5, 0.6) is 0 Å². The van der Waals surface area contributed by atoms with Crippen molar-refractivity contribution in [3.05, 3.63) is 45.1 Å². The zero-order valence-corrected chi connectivity index (χ0v) is 15.5. The number of benzene rings is 1. The van der Waals surface area contributed by atoms with Gasteiger partial charge in [-0.05, 0) is 25.1 Å². The Bertz CT molecular complexity index is 921. The normalized spacial score (nSPS) is 22.0. The summed E-state index contributed by atoms with van der Waals surface area (Å²) in [5.74, 6) is -5.23. The molecule has 1 aliphatic rings. The number of carbonyl (C=O) groups is 1. The fourth-order valence-corrected chi connectivity index (χ4v) is 3.35. The van der Waals surface area contributed by atoms with E-state index in [1.165, 1.54) is 11.4 Å². The molecule has 0 aliphatic carbocycles. The molecule has 1 atom stereocenters. The van der Waals surface area contributed by atoms with Crippen LogP contribution in [0.4, 0.5) is 18.9 Å². The summed E-state index contributed by atoms with van der Waals surface area (Å²) in [5, 5.41) is 3.91. The number of carbonyl (C=O) groups excluding carboxylic acids is 1. The number of rotatable bonds is 3. The minimum atomic E-state index is -3.53. The van der Waals surface area contributed by atoms with Gasteiger partial charge in [0.05, 0.1) is 0 Å². The number of ether oxygens (including phenoxy) is 1. The highest BCUT2D eigenvalue weighted by atomic mass is 35.5. The fourth-order valence-electron chi connectivity index (χ4n) is 2.61. The van der Waals surface area contributed by atoms with Crippen molar-refractivity contribution in [3.63, 3.8) is 0 Å². The van der Waals surface area contributed by atoms with Crippen LogP contribution >= 0.6 is 22.9 Å². The Morgan fingerprint density at radius 3 is 2.85 bits per heavy atom. The molecule has 6 nitrogen and oxygen atoms in total. The number of thiazole rings is 1. The maximum Gasteiger partial charge on any atom is 0.299 e. The van der Waals surface area contributed by atoms with Gasteiger partial charge in [0.25, 0.3) is 11.8 Å². The van der Waals surface area contributed by atoms with Gasteiger partial charge in [-0.15, -0.1) is 11.3 Å². The zero-order chi connectivity index (χ0) is 19.8. The molecule has 1 aliphatic heterocycles. The Hall–Kier alpha value is -2.17. The molecular formula is C16H14ClF3N4O2S. The Labute approximate surface area is 161 Å². The van der Waals surface area contributed by atoms with Crippen molar-refractivity contribution in [2.24, 2.45) is 10.7 Å². The van der Waals surface area contributed by atoms with Crippen molar-refractivity contribution < 1.29 is 22.7 Å². The smallest absolute Gasteiger partial charge is 0.299 e. The summed E-state index contributed by atoms with van der Waals surface area (Å²) in [6.07, 6.45) is 0. The van der Waals surface area contributed by atoms with E-state index in [-0.39, 0.29) is 28.3 Å². The number of halogens is 4. The lowest BCUT2D eigenvalue weighted by molar-refractivity contribution is -0.116. The van der Waals surface area contributed by atoms with Crippen molar-refractivity contribution in [2.75, 3.05) is 18.5 Å². The lowest BCUT2D eigenvalue weighted by atomic mass is 9.85. The van der Waals surface area contributed by atoms with Gasteiger partial charge in [-0.2, -0.15) is 0 Å². The largest absolute Gasteiger partial charge is 0.385 e. The lowest BCUT2D eigenvalue weighted by Crippen LogP contribution is -2.45. The van der Waals surface area contributed by atoms with Gasteiger partial charge in [-0.3, -0.25) is 9.79 Å². The molecule has 1 unspecified atom stereocenters. The molecule has 0 saturated heterocycles. The second kappa shape index (κ2) is 7.10. The topological polar surface area (TPSA) is 89.6 Å². The predicted octanol–water partition coefficient (Wildman–Crippen LogP) is 3.43. The Kier molecular flexibility index (Phi) is 5.15. The van der Waals surface area contributed by atoms with E-state index in [0.717, 1.165) is 30.4 Å². The van der Waals surface area contributed by atoms with Gasteiger partial charge in [0, 0.05) is 16.6 Å². The van der Waals surface area contributed by atoms with E-state index in [2.05, 4.69) is 15.3 Å². The molecule has 11 heteroatoms. The van der Waals surface area contributed by atoms with E-state index in [1.807, 2.05) is 0 Å². The first kappa shape index (κ1) is 19.6. The molecule has 2 heterocycles. The third kappa shape index (κ3) is 3.78. The van der Waals surface area contributed by atoms with Crippen molar-refractivity contribution >= 4 is 40.4 Å². The first-order chi connectivity index (χ1) is 12.6. The molecule has 0 radical (unpaired) electrons. The first-order valence-electron chi connectivity index (χ1n) is 7.64. The fraction of sp³-hybridized carbons (Fsp3) is 0.312. The standard InChI is InChI=1S/C16H14ClF3N4O2S/c1-15(16(19,20)7-26-5-12(21)24-15)9-4-8(2-3-10(9)18)22-13(25)11-6-27-14(17)23-11/h2-4,6H,5,7H2,1H3,(H2,21,24)(H,22,25). The van der Waals surface area contributed by atoms with Crippen LogP contribution < -0.4 is 11.1 Å². The van der Waals surface area contributed by atoms with Crippen LogP contribution in [0.2, 0.25) is 4.47 Å². The highest BCUT2D eigenvalue weighted by Crippen LogP contribution is 2.44. The Morgan fingerprint density at radius 2 is 2.19 bits per heavy atom. The number of anilines is 1. The van der Waals surface area contributed by atoms with E-state index in [1.54, 1.807) is 0 Å². The average Bonchev–Trinajstić information content (AvgIpc) is 2.98. The van der Waals surface area contributed by atoms with Crippen LogP contribution in [0.1, 0.15) is 23.0 Å². The van der Waals surface area contributed by atoms with Gasteiger partial charge >= 0.3 is 0 Å². The number of amidine groups is 1. The molecule has 2 aromatic rings. The summed E-state index contributed by atoms with van der Waals surface area (Å²) in [6, 6.07) is 3.31. The number of nitrogens with zero attached hydrogens (tertiary/aromatic N) is 2. The lowest BCUT2D eigenvalue weighted by Gasteiger charge is -2.33. The maximum atomic E-state index is 14.6. The van der Waals surface area contributed by atoms with Crippen LogP contribution in [0.15, 0.2) is 28.6 Å². The van der Waals surface area contributed by atoms with Crippen LogP contribution in [-0.4, -0.2) is 35.9 Å². The second-order valence-electron chi connectivity index (χ2n) is 6.01. The number of nitrogens with two attached hydrogens (primary N) is 1. The highest BCUT2D eigenvalue weighted by Gasteiger charge is 2.54. The number of aliphatic imine (C=N–C) groups is 1. The molecule has 0 bridgehead atoms. The van der Waals surface area contributed by atoms with E-state index >= 15 is 0 Å². The van der Waals surface area contributed by atoms with E-state index in [4.69, 9.17) is 22.1 Å². The number of hydrogen-bond acceptors (Lipinski definition) is 6. The van der Waals surface area contributed by atoms with Crippen LogP contribution in [0, 0.1) is 5.82 Å². The van der Waals surface area contributed by atoms with Crippen LogP contribution in [0.3, 0.4) is 0 Å². The number of alkyl halides is 2. The van der Waals surface area contributed by atoms with Crippen molar-refractivity contribution in [1.29, 1.82) is 0 Å². The van der Waals surface area contributed by atoms with Gasteiger partial charge in [0.1, 0.15) is 30.6 Å². The summed E-state index contributed by atoms with van der Waals surface area (Å²) in [4.78, 5) is 19.8. The molecule has 1 aromatic heterocycles. The minimum Gasteiger partial charge on any atom is -0.385 e. The maximum absolute atomic E-state index is 14.6. The monoisotopic (exact) mass is 418 g/mol. The highest BCUT2D eigenvalue weighted by molar-refractivity contribution is 7.14. The Balaban J connectivity index is 1.99. The summed E-state index contributed by atoms with van der Waals surface area (Å²) in [5.41, 5.74) is 3.02. The summed E-state index contributed by atoms with van der Waals surface area (Å²) in [7, 11) is 0. The minimum absolute atomic E-state index is 0.0533. The third-order valence-electron chi connectivity index (χ3n) is 4.07. The zero-order valence-electron chi connectivity index (χ0n) is 13.9. The molecule has 3 rings (SSSR count). The van der Waals surface area contributed by atoms with Crippen LogP contribution in [0.25, 0.3) is 0 Å². The molecule has 0 spiro atoms. The van der Waals surface area contributed by atoms with Crippen molar-refractivity contribution in [3.8, 4) is 0 Å². The Morgan fingerprint density at radius 1 is 1.44 bits per heavy atom. The quantitative estimate of drug-likeness (QED) is 0.799. The first-order valence-corrected chi connectivity index (χ1v) is 8.90. The van der Waals surface area contributed by atoms with Crippen molar-refractivity contribution in [2.45, 2.75) is 18.4 Å². The van der Waals surface area contributed by atoms with Gasteiger partial charge in [-0.1, -0.05) is 11.6 Å². The van der Waals surface area contributed by atoms with E-state index in [0.29, 0.717) is 0 Å². The number of amides is 1. The number of nitrogens with one attached hydrogen (secondary N) is 1. The predicted molar refractivity (Wildman–Crippen MR) is 96.2 cm³/mol. The second-order valence-corrected chi connectivity index (χ2v) is 7.45.